The van der Waals surface area contributed by atoms with Crippen LogP contribution in [0, 0.1) is 0 Å². The van der Waals surface area contributed by atoms with Crippen molar-refractivity contribution >= 4 is 86.5 Å². The Kier molecular flexibility index (Phi) is 8.99. The highest BCUT2D eigenvalue weighted by Gasteiger charge is 2.28. The van der Waals surface area contributed by atoms with Gasteiger partial charge in [-0.15, -0.1) is 0 Å². The third-order valence-electron chi connectivity index (χ3n) is 2.68. The van der Waals surface area contributed by atoms with Crippen LogP contribution in [0.15, 0.2) is 11.1 Å². The van der Waals surface area contributed by atoms with Crippen LogP contribution >= 0.6 is 81.4 Å². The third-order valence-corrected chi connectivity index (χ3v) is 4.42. The van der Waals surface area contributed by atoms with Crippen LogP contribution in [0.1, 0.15) is 19.8 Å². The maximum atomic E-state index is 11.7. The lowest BCUT2D eigenvalue weighted by Crippen LogP contribution is -2.27. The molecule has 1 aliphatic heterocycles. The Hall–Kier alpha value is 1.42. The number of thioether (sulfide) groups is 1. The molecular weight excluding hydrogens is 437 g/mol. The van der Waals surface area contributed by atoms with Crippen LogP contribution in [0.3, 0.4) is 0 Å². The highest BCUT2D eigenvalue weighted by molar-refractivity contribution is 8.14. The molecule has 0 saturated carbocycles. The molecule has 10 heteroatoms. The van der Waals surface area contributed by atoms with E-state index in [0.29, 0.717) is 18.6 Å². The van der Waals surface area contributed by atoms with Gasteiger partial charge in [0.15, 0.2) is 6.29 Å². The molecule has 128 valence electrons. The molecule has 0 aliphatic carbocycles. The van der Waals surface area contributed by atoms with Gasteiger partial charge in [-0.1, -0.05) is 86.9 Å². The summed E-state index contributed by atoms with van der Waals surface area (Å²) in [6, 6.07) is 0. The van der Waals surface area contributed by atoms with Gasteiger partial charge in [-0.3, -0.25) is 4.79 Å². The van der Waals surface area contributed by atoms with E-state index < -0.39 is 13.9 Å². The molecule has 1 heterocycles. The summed E-state index contributed by atoms with van der Waals surface area (Å²) in [7, 11) is 0. The van der Waals surface area contributed by atoms with Crippen LogP contribution in [0.5, 0.6) is 0 Å². The Morgan fingerprint density at radius 3 is 1.95 bits per heavy atom. The molecule has 3 nitrogen and oxygen atoms in total. The first kappa shape index (κ1) is 21.5. The van der Waals surface area contributed by atoms with Crippen molar-refractivity contribution in [3.63, 3.8) is 0 Å². The van der Waals surface area contributed by atoms with Crippen molar-refractivity contribution in [1.29, 1.82) is 0 Å². The third kappa shape index (κ3) is 9.05. The molecule has 1 aliphatic rings. The molecule has 0 aromatic heterocycles. The molecule has 0 N–H and O–H groups in total. The summed E-state index contributed by atoms with van der Waals surface area (Å²) in [4.78, 5) is 11.7. The summed E-state index contributed by atoms with van der Waals surface area (Å²) in [6.45, 7) is 1.57. The average molecular weight is 451 g/mol. The zero-order chi connectivity index (χ0) is 17.0. The summed E-state index contributed by atoms with van der Waals surface area (Å²) >= 11 is 35.2. The number of ether oxygens (including phenoxy) is 2. The highest BCUT2D eigenvalue weighted by Crippen LogP contribution is 2.32. The number of hydrogen-bond acceptors (Lipinski definition) is 4. The lowest BCUT2D eigenvalue weighted by molar-refractivity contribution is -0.143. The first-order valence-electron chi connectivity index (χ1n) is 6.20. The van der Waals surface area contributed by atoms with E-state index in [4.69, 9.17) is 79.1 Å². The van der Waals surface area contributed by atoms with Gasteiger partial charge in [0.25, 0.3) is 0 Å². The lowest BCUT2D eigenvalue weighted by Gasteiger charge is -2.23. The minimum Gasteiger partial charge on any atom is -0.348 e. The summed E-state index contributed by atoms with van der Waals surface area (Å²) in [5, 5.41) is 0.0685. The molecule has 0 amide bonds. The summed E-state index contributed by atoms with van der Waals surface area (Å²) in [5.41, 5.74) is 1.82. The largest absolute Gasteiger partial charge is 0.348 e. The number of halogens is 6. The van der Waals surface area contributed by atoms with E-state index in [1.807, 2.05) is 6.92 Å². The predicted octanol–water partition coefficient (Wildman–Crippen LogP) is 5.46. The van der Waals surface area contributed by atoms with Crippen molar-refractivity contribution < 1.29 is 14.3 Å². The fraction of sp³-hybridized carbons (Fsp3) is 0.750. The highest BCUT2D eigenvalue weighted by atomic mass is 35.6. The quantitative estimate of drug-likeness (QED) is 0.381. The smallest absolute Gasteiger partial charge is 0.215 e. The summed E-state index contributed by atoms with van der Waals surface area (Å²) < 4.78 is 7.65. The zero-order valence-corrected chi connectivity index (χ0v) is 16.9. The lowest BCUT2D eigenvalue weighted by atomic mass is 10.1. The molecule has 0 spiro atoms. The molecule has 0 bridgehead atoms. The molecule has 0 radical (unpaired) electrons. The second-order valence-corrected chi connectivity index (χ2v) is 10.6. The number of rotatable bonds is 7. The maximum absolute atomic E-state index is 11.7. The van der Waals surface area contributed by atoms with Crippen molar-refractivity contribution in [2.75, 3.05) is 19.0 Å². The van der Waals surface area contributed by atoms with Crippen LogP contribution in [0.4, 0.5) is 0 Å². The monoisotopic (exact) mass is 448 g/mol. The minimum absolute atomic E-state index is 0.0685. The van der Waals surface area contributed by atoms with E-state index in [0.717, 1.165) is 11.1 Å². The van der Waals surface area contributed by atoms with Crippen LogP contribution < -0.4 is 0 Å². The van der Waals surface area contributed by atoms with Crippen LogP contribution in [-0.2, 0) is 14.3 Å². The fourth-order valence-electron chi connectivity index (χ4n) is 1.69. The predicted molar refractivity (Wildman–Crippen MR) is 95.7 cm³/mol. The van der Waals surface area contributed by atoms with E-state index in [9.17, 15) is 4.79 Å². The van der Waals surface area contributed by atoms with Crippen molar-refractivity contribution in [2.45, 2.75) is 33.6 Å². The SMILES string of the molecule is CC1=C(CCC(OCC(Cl)(Cl)Cl)OCC(Cl)(Cl)Cl)C(=O)SC1. The second kappa shape index (κ2) is 9.21. The van der Waals surface area contributed by atoms with Gasteiger partial charge in [-0.2, -0.15) is 0 Å². The standard InChI is InChI=1S/C12H14Cl6O3S/c1-7-4-22-10(19)8(7)2-3-9(20-5-11(13,14)15)21-6-12(16,17)18/h9H,2-6H2,1H3. The summed E-state index contributed by atoms with van der Waals surface area (Å²) in [6.07, 6.45) is 0.132. The molecule has 0 fully saturated rings. The van der Waals surface area contributed by atoms with Gasteiger partial charge in [0.05, 0.1) is 13.2 Å². The first-order chi connectivity index (χ1) is 9.98. The Morgan fingerprint density at radius 1 is 1.09 bits per heavy atom. The Morgan fingerprint density at radius 2 is 1.59 bits per heavy atom. The normalized spacial score (nSPS) is 17.0. The molecule has 0 aromatic rings. The Labute approximate surface area is 163 Å². The van der Waals surface area contributed by atoms with E-state index in [1.165, 1.54) is 11.8 Å². The topological polar surface area (TPSA) is 35.5 Å². The minimum atomic E-state index is -1.57. The first-order valence-corrected chi connectivity index (χ1v) is 9.46. The van der Waals surface area contributed by atoms with Crippen LogP contribution in [0.25, 0.3) is 0 Å². The number of alkyl halides is 6. The number of carbonyl (C=O) groups is 1. The molecule has 22 heavy (non-hydrogen) atoms. The van der Waals surface area contributed by atoms with E-state index in [2.05, 4.69) is 0 Å². The van der Waals surface area contributed by atoms with Crippen LogP contribution in [-0.4, -0.2) is 38.0 Å². The number of hydrogen-bond donors (Lipinski definition) is 0. The number of carbonyl (C=O) groups excluding carboxylic acids is 1. The molecule has 1 rings (SSSR count). The molecule has 0 unspecified atom stereocenters. The Bertz CT molecular complexity index is 412. The van der Waals surface area contributed by atoms with Crippen molar-refractivity contribution in [3.05, 3.63) is 11.1 Å². The molecular formula is C12H14Cl6O3S. The molecule has 0 saturated heterocycles. The van der Waals surface area contributed by atoms with Gasteiger partial charge in [0.2, 0.25) is 12.7 Å². The Balaban J connectivity index is 2.57. The van der Waals surface area contributed by atoms with Gasteiger partial charge in [0.1, 0.15) is 0 Å². The van der Waals surface area contributed by atoms with Gasteiger partial charge in [0, 0.05) is 17.7 Å². The van der Waals surface area contributed by atoms with E-state index >= 15 is 0 Å². The maximum Gasteiger partial charge on any atom is 0.215 e. The second-order valence-electron chi connectivity index (χ2n) is 4.66. The van der Waals surface area contributed by atoms with Crippen molar-refractivity contribution in [3.8, 4) is 0 Å². The van der Waals surface area contributed by atoms with E-state index in [1.54, 1.807) is 0 Å². The molecule has 0 atom stereocenters. The van der Waals surface area contributed by atoms with Gasteiger partial charge in [-0.25, -0.2) is 0 Å². The zero-order valence-electron chi connectivity index (χ0n) is 11.5. The van der Waals surface area contributed by atoms with Gasteiger partial charge >= 0.3 is 0 Å². The van der Waals surface area contributed by atoms with Gasteiger partial charge in [-0.05, 0) is 13.3 Å². The summed E-state index contributed by atoms with van der Waals surface area (Å²) in [5.74, 6) is 0.711. The van der Waals surface area contributed by atoms with Gasteiger partial charge < -0.3 is 9.47 Å². The van der Waals surface area contributed by atoms with Crippen LogP contribution in [0.2, 0.25) is 0 Å². The van der Waals surface area contributed by atoms with Crippen molar-refractivity contribution in [2.24, 2.45) is 0 Å². The fourth-order valence-corrected chi connectivity index (χ4v) is 3.04. The average Bonchev–Trinajstić information content (AvgIpc) is 2.66. The van der Waals surface area contributed by atoms with E-state index in [-0.39, 0.29) is 18.3 Å². The molecule has 0 aromatic carbocycles. The van der Waals surface area contributed by atoms with Crippen molar-refractivity contribution in [1.82, 2.24) is 0 Å².